The highest BCUT2D eigenvalue weighted by Crippen LogP contribution is 2.24. The fraction of sp³-hybridized carbons (Fsp3) is 0.176. The molecule has 22 heavy (non-hydrogen) atoms. The minimum Gasteiger partial charge on any atom is -0.346 e. The summed E-state index contributed by atoms with van der Waals surface area (Å²) in [5, 5.41) is 5.96. The maximum atomic E-state index is 12.4. The van der Waals surface area contributed by atoms with Crippen molar-refractivity contribution in [1.29, 1.82) is 0 Å². The second-order valence-corrected chi connectivity index (χ2v) is 6.36. The van der Waals surface area contributed by atoms with Crippen LogP contribution < -0.4 is 5.32 Å². The summed E-state index contributed by atoms with van der Waals surface area (Å²) in [4.78, 5) is 16.9. The molecule has 1 N–H and O–H groups in total. The van der Waals surface area contributed by atoms with Crippen LogP contribution in [0.5, 0.6) is 0 Å². The number of aryl methyl sites for hydroxylation is 3. The summed E-state index contributed by atoms with van der Waals surface area (Å²) < 4.78 is 1.83. The predicted octanol–water partition coefficient (Wildman–Crippen LogP) is 4.02. The lowest BCUT2D eigenvalue weighted by atomic mass is 10.2. The average Bonchev–Trinajstić information content (AvgIpc) is 3.05. The highest BCUT2D eigenvalue weighted by atomic mass is 32.1. The van der Waals surface area contributed by atoms with E-state index in [1.165, 1.54) is 0 Å². The molecular weight excluding hydrogens is 294 g/mol. The van der Waals surface area contributed by atoms with E-state index < -0.39 is 0 Å². The third-order valence-corrected chi connectivity index (χ3v) is 4.20. The number of thiazole rings is 1. The fourth-order valence-corrected chi connectivity index (χ4v) is 2.97. The van der Waals surface area contributed by atoms with Gasteiger partial charge in [-0.3, -0.25) is 4.79 Å². The van der Waals surface area contributed by atoms with E-state index in [-0.39, 0.29) is 5.91 Å². The Kier molecular flexibility index (Phi) is 3.81. The van der Waals surface area contributed by atoms with Crippen molar-refractivity contribution < 1.29 is 4.79 Å². The predicted molar refractivity (Wildman–Crippen MR) is 90.4 cm³/mol. The number of hydrogen-bond acceptors (Lipinski definition) is 3. The second kappa shape index (κ2) is 5.77. The molecule has 1 aromatic carbocycles. The molecular formula is C17H17N3OS. The van der Waals surface area contributed by atoms with Gasteiger partial charge in [-0.2, -0.15) is 0 Å². The number of carbonyl (C=O) groups is 1. The molecule has 3 rings (SSSR count). The Hall–Kier alpha value is -2.40. The van der Waals surface area contributed by atoms with Gasteiger partial charge >= 0.3 is 0 Å². The van der Waals surface area contributed by atoms with Gasteiger partial charge in [0.15, 0.2) is 0 Å². The Morgan fingerprint density at radius 3 is 2.77 bits per heavy atom. The Bertz CT molecular complexity index is 832. The van der Waals surface area contributed by atoms with Gasteiger partial charge in [0.05, 0.1) is 10.7 Å². The summed E-state index contributed by atoms with van der Waals surface area (Å²) in [5.74, 6) is -0.119. The van der Waals surface area contributed by atoms with Crippen LogP contribution in [-0.2, 0) is 7.05 Å². The molecule has 0 aliphatic heterocycles. The van der Waals surface area contributed by atoms with E-state index in [4.69, 9.17) is 0 Å². The molecule has 2 heterocycles. The lowest BCUT2D eigenvalue weighted by molar-refractivity contribution is 0.101. The van der Waals surface area contributed by atoms with E-state index in [0.717, 1.165) is 27.5 Å². The summed E-state index contributed by atoms with van der Waals surface area (Å²) in [7, 11) is 1.87. The zero-order valence-electron chi connectivity index (χ0n) is 12.8. The number of nitrogens with zero attached hydrogens (tertiary/aromatic N) is 2. The van der Waals surface area contributed by atoms with Crippen molar-refractivity contribution in [3.05, 3.63) is 58.2 Å². The molecule has 0 aliphatic rings. The number of amides is 1. The topological polar surface area (TPSA) is 46.9 Å². The minimum atomic E-state index is -0.119. The summed E-state index contributed by atoms with van der Waals surface area (Å²) >= 11 is 1.61. The van der Waals surface area contributed by atoms with Gasteiger partial charge < -0.3 is 9.88 Å². The normalized spacial score (nSPS) is 10.7. The van der Waals surface area contributed by atoms with Crippen molar-refractivity contribution in [3.63, 3.8) is 0 Å². The third kappa shape index (κ3) is 2.94. The van der Waals surface area contributed by atoms with E-state index in [1.54, 1.807) is 11.3 Å². The van der Waals surface area contributed by atoms with E-state index in [1.807, 2.05) is 67.4 Å². The maximum absolute atomic E-state index is 12.4. The molecule has 4 nitrogen and oxygen atoms in total. The monoisotopic (exact) mass is 311 g/mol. The van der Waals surface area contributed by atoms with Crippen molar-refractivity contribution in [2.75, 3.05) is 5.32 Å². The zero-order chi connectivity index (χ0) is 15.7. The van der Waals surface area contributed by atoms with Gasteiger partial charge in [-0.05, 0) is 37.6 Å². The van der Waals surface area contributed by atoms with Crippen LogP contribution in [0, 0.1) is 13.8 Å². The van der Waals surface area contributed by atoms with E-state index >= 15 is 0 Å². The quantitative estimate of drug-likeness (QED) is 0.794. The van der Waals surface area contributed by atoms with Crippen LogP contribution in [0.2, 0.25) is 0 Å². The number of rotatable bonds is 3. The molecule has 0 radical (unpaired) electrons. The van der Waals surface area contributed by atoms with Gasteiger partial charge in [0.1, 0.15) is 5.69 Å². The Balaban J connectivity index is 1.85. The number of carbonyl (C=O) groups excluding carboxylic acids is 1. The highest BCUT2D eigenvalue weighted by molar-refractivity contribution is 7.09. The molecule has 1 amide bonds. The lowest BCUT2D eigenvalue weighted by Crippen LogP contribution is -2.15. The molecule has 5 heteroatoms. The molecule has 0 aliphatic carbocycles. The van der Waals surface area contributed by atoms with Crippen LogP contribution in [0.15, 0.2) is 41.9 Å². The Morgan fingerprint density at radius 1 is 1.27 bits per heavy atom. The number of aromatic nitrogens is 2. The zero-order valence-corrected chi connectivity index (χ0v) is 13.6. The maximum Gasteiger partial charge on any atom is 0.272 e. The van der Waals surface area contributed by atoms with Crippen molar-refractivity contribution in [3.8, 4) is 11.3 Å². The average molecular weight is 311 g/mol. The van der Waals surface area contributed by atoms with Crippen molar-refractivity contribution >= 4 is 22.9 Å². The van der Waals surface area contributed by atoms with Crippen molar-refractivity contribution in [2.24, 2.45) is 7.05 Å². The van der Waals surface area contributed by atoms with E-state index in [9.17, 15) is 4.79 Å². The minimum absolute atomic E-state index is 0.119. The molecule has 112 valence electrons. The molecule has 0 saturated heterocycles. The van der Waals surface area contributed by atoms with E-state index in [2.05, 4.69) is 10.3 Å². The first-order chi connectivity index (χ1) is 10.5. The smallest absolute Gasteiger partial charge is 0.272 e. The first-order valence-corrected chi connectivity index (χ1v) is 7.88. The third-order valence-electron chi connectivity index (χ3n) is 3.43. The molecule has 2 aromatic heterocycles. The van der Waals surface area contributed by atoms with E-state index in [0.29, 0.717) is 5.69 Å². The van der Waals surface area contributed by atoms with Gasteiger partial charge in [-0.1, -0.05) is 12.1 Å². The highest BCUT2D eigenvalue weighted by Gasteiger charge is 2.14. The van der Waals surface area contributed by atoms with Crippen LogP contribution in [0.4, 0.5) is 5.69 Å². The van der Waals surface area contributed by atoms with Crippen molar-refractivity contribution in [1.82, 2.24) is 9.55 Å². The summed E-state index contributed by atoms with van der Waals surface area (Å²) in [6.45, 7) is 3.98. The first-order valence-electron chi connectivity index (χ1n) is 7.00. The Morgan fingerprint density at radius 2 is 2.09 bits per heavy atom. The van der Waals surface area contributed by atoms with Crippen LogP contribution in [0.25, 0.3) is 11.3 Å². The summed E-state index contributed by atoms with van der Waals surface area (Å²) in [5.41, 5.74) is 4.40. The number of anilines is 1. The largest absolute Gasteiger partial charge is 0.346 e. The van der Waals surface area contributed by atoms with Crippen LogP contribution in [0.3, 0.4) is 0 Å². The Labute approximate surface area is 133 Å². The summed E-state index contributed by atoms with van der Waals surface area (Å²) in [6, 6.07) is 9.64. The number of hydrogen-bond donors (Lipinski definition) is 1. The molecule has 0 saturated carbocycles. The van der Waals surface area contributed by atoms with Crippen molar-refractivity contribution in [2.45, 2.75) is 13.8 Å². The second-order valence-electron chi connectivity index (χ2n) is 5.30. The van der Waals surface area contributed by atoms with Crippen LogP contribution in [-0.4, -0.2) is 15.5 Å². The SMILES string of the molecule is Cc1cccc(NC(=O)c2cc(-c3csc(C)n3)cn2C)c1. The molecule has 0 fully saturated rings. The number of nitrogens with one attached hydrogen (secondary N) is 1. The van der Waals surface area contributed by atoms with Crippen LogP contribution in [0.1, 0.15) is 21.1 Å². The number of benzene rings is 1. The van der Waals surface area contributed by atoms with Gasteiger partial charge in [0.2, 0.25) is 0 Å². The molecule has 0 atom stereocenters. The van der Waals surface area contributed by atoms with Crippen LogP contribution >= 0.6 is 11.3 Å². The molecule has 3 aromatic rings. The standard InChI is InChI=1S/C17H17N3OS/c1-11-5-4-6-14(7-11)19-17(21)16-8-13(9-20(16)3)15-10-22-12(2)18-15/h4-10H,1-3H3,(H,19,21). The molecule has 0 unspecified atom stereocenters. The van der Waals surface area contributed by atoms with Gasteiger partial charge in [-0.25, -0.2) is 4.98 Å². The fourth-order valence-electron chi connectivity index (χ4n) is 2.34. The summed E-state index contributed by atoms with van der Waals surface area (Å²) in [6.07, 6.45) is 1.93. The molecule has 0 spiro atoms. The first kappa shape index (κ1) is 14.5. The molecule has 0 bridgehead atoms. The van der Waals surface area contributed by atoms with Gasteiger partial charge in [-0.15, -0.1) is 11.3 Å². The van der Waals surface area contributed by atoms with Gasteiger partial charge in [0.25, 0.3) is 5.91 Å². The van der Waals surface area contributed by atoms with Gasteiger partial charge in [0, 0.05) is 29.9 Å². The lowest BCUT2D eigenvalue weighted by Gasteiger charge is -2.06.